The molecule has 1 saturated heterocycles. The smallest absolute Gasteiger partial charge is 0.338 e. The molecule has 0 aromatic heterocycles. The van der Waals surface area contributed by atoms with Gasteiger partial charge in [0.05, 0.1) is 13.2 Å². The van der Waals surface area contributed by atoms with Gasteiger partial charge >= 0.3 is 11.9 Å². The molecular formula is C45H78O6. The number of carbonyl (C=O) groups is 2. The quantitative estimate of drug-likeness (QED) is 0.0375. The summed E-state index contributed by atoms with van der Waals surface area (Å²) in [5.74, 6) is -2.06. The van der Waals surface area contributed by atoms with Gasteiger partial charge in [0.25, 0.3) is 0 Å². The van der Waals surface area contributed by atoms with Crippen LogP contribution in [0.15, 0.2) is 48.6 Å². The lowest BCUT2D eigenvalue weighted by Gasteiger charge is -2.28. The minimum Gasteiger partial charge on any atom is -0.464 e. The molecular weight excluding hydrogens is 636 g/mol. The van der Waals surface area contributed by atoms with Gasteiger partial charge in [0.15, 0.2) is 18.0 Å². The third kappa shape index (κ3) is 24.6. The van der Waals surface area contributed by atoms with E-state index in [1.165, 1.54) is 89.9 Å². The first-order valence-electron chi connectivity index (χ1n) is 21.3. The van der Waals surface area contributed by atoms with Gasteiger partial charge in [-0.3, -0.25) is 0 Å². The molecule has 1 heterocycles. The van der Waals surface area contributed by atoms with E-state index < -0.39 is 29.9 Å². The first-order valence-corrected chi connectivity index (χ1v) is 21.3. The molecule has 0 bridgehead atoms. The maximum Gasteiger partial charge on any atom is 0.338 e. The van der Waals surface area contributed by atoms with Crippen LogP contribution in [0.3, 0.4) is 0 Å². The molecule has 0 saturated carbocycles. The summed E-state index contributed by atoms with van der Waals surface area (Å²) in [5.41, 5.74) is 0. The summed E-state index contributed by atoms with van der Waals surface area (Å²) in [7, 11) is 0. The largest absolute Gasteiger partial charge is 0.464 e. The maximum atomic E-state index is 12.8. The van der Waals surface area contributed by atoms with Crippen LogP contribution in [0.1, 0.15) is 195 Å². The number of unbranched alkanes of at least 4 members (excludes halogenated alkanes) is 18. The molecule has 1 aliphatic heterocycles. The summed E-state index contributed by atoms with van der Waals surface area (Å²) in [6.45, 7) is 8.45. The van der Waals surface area contributed by atoms with Gasteiger partial charge in [0, 0.05) is 12.8 Å². The second-order valence-electron chi connectivity index (χ2n) is 14.2. The number of carbonyl (C=O) groups excluding carboxylic acids is 2. The Bertz CT molecular complexity index is 874. The Morgan fingerprint density at radius 3 is 1.10 bits per heavy atom. The summed E-state index contributed by atoms with van der Waals surface area (Å²) < 4.78 is 23.3. The number of hydrogen-bond acceptors (Lipinski definition) is 6. The molecule has 0 aromatic carbocycles. The molecule has 2 unspecified atom stereocenters. The van der Waals surface area contributed by atoms with Crippen LogP contribution < -0.4 is 0 Å². The molecule has 1 aliphatic rings. The Labute approximate surface area is 314 Å². The highest BCUT2D eigenvalue weighted by Crippen LogP contribution is 2.39. The molecule has 1 fully saturated rings. The van der Waals surface area contributed by atoms with Crippen molar-refractivity contribution in [3.05, 3.63) is 48.6 Å². The molecule has 6 heteroatoms. The summed E-state index contributed by atoms with van der Waals surface area (Å²) in [6, 6.07) is 0. The van der Waals surface area contributed by atoms with Crippen LogP contribution in [-0.2, 0) is 28.5 Å². The highest BCUT2D eigenvalue weighted by Gasteiger charge is 2.54. The van der Waals surface area contributed by atoms with E-state index in [1.54, 1.807) is 13.8 Å². The lowest BCUT2D eigenvalue weighted by atomic mass is 9.98. The van der Waals surface area contributed by atoms with E-state index >= 15 is 0 Å². The van der Waals surface area contributed by atoms with Gasteiger partial charge in [0.1, 0.15) is 0 Å². The summed E-state index contributed by atoms with van der Waals surface area (Å²) in [5, 5.41) is 0. The third-order valence-corrected chi connectivity index (χ3v) is 9.51. The van der Waals surface area contributed by atoms with Gasteiger partial charge in [-0.1, -0.05) is 140 Å². The molecule has 0 aromatic rings. The summed E-state index contributed by atoms with van der Waals surface area (Å²) in [4.78, 5) is 25.7. The molecule has 0 amide bonds. The van der Waals surface area contributed by atoms with Crippen molar-refractivity contribution in [3.63, 3.8) is 0 Å². The van der Waals surface area contributed by atoms with Crippen molar-refractivity contribution in [2.24, 2.45) is 0 Å². The van der Waals surface area contributed by atoms with E-state index in [-0.39, 0.29) is 13.2 Å². The standard InChI is InChI=1S/C45H78O6/c1-5-9-11-13-15-17-19-21-23-25-27-29-31-33-35-37-39-45(50-41(43(46)48-7-3)42(51-45)44(47)49-8-4)40-38-36-34-32-30-28-26-24-22-20-18-16-14-12-10-6-2/h15-18,21-24,41-42H,5-14,19-20,25-40H2,1-4H3. The van der Waals surface area contributed by atoms with Crippen molar-refractivity contribution >= 4 is 11.9 Å². The van der Waals surface area contributed by atoms with Gasteiger partial charge in [-0.15, -0.1) is 0 Å². The molecule has 1 rings (SSSR count). The number of hydrogen-bond donors (Lipinski definition) is 0. The Kier molecular flexibility index (Phi) is 30.9. The van der Waals surface area contributed by atoms with Crippen LogP contribution in [0, 0.1) is 0 Å². The third-order valence-electron chi connectivity index (χ3n) is 9.51. The predicted octanol–water partition coefficient (Wildman–Crippen LogP) is 13.0. The number of allylic oxidation sites excluding steroid dienone is 8. The molecule has 6 nitrogen and oxygen atoms in total. The second kappa shape index (κ2) is 33.6. The van der Waals surface area contributed by atoms with E-state index in [2.05, 4.69) is 62.5 Å². The monoisotopic (exact) mass is 715 g/mol. The van der Waals surface area contributed by atoms with Crippen molar-refractivity contribution in [3.8, 4) is 0 Å². The fraction of sp³-hybridized carbons (Fsp3) is 0.778. The summed E-state index contributed by atoms with van der Waals surface area (Å²) in [6.07, 6.45) is 45.9. The van der Waals surface area contributed by atoms with Crippen molar-refractivity contribution < 1.29 is 28.5 Å². The highest BCUT2D eigenvalue weighted by atomic mass is 16.8. The fourth-order valence-corrected chi connectivity index (χ4v) is 6.53. The van der Waals surface area contributed by atoms with Crippen molar-refractivity contribution in [1.82, 2.24) is 0 Å². The SMILES string of the molecule is CCCCCC=CCC=CCCCCCCCCC1(CCCCCCCCC=CCC=CCCCCC)OC(C(=O)OCC)C(C(=O)OCC)O1. The first-order chi connectivity index (χ1) is 25.0. The Morgan fingerprint density at radius 1 is 0.451 bits per heavy atom. The Morgan fingerprint density at radius 2 is 0.765 bits per heavy atom. The Balaban J connectivity index is 2.46. The summed E-state index contributed by atoms with van der Waals surface area (Å²) >= 11 is 0. The second-order valence-corrected chi connectivity index (χ2v) is 14.2. The molecule has 294 valence electrons. The molecule has 2 atom stereocenters. The average Bonchev–Trinajstić information content (AvgIpc) is 3.51. The number of esters is 2. The van der Waals surface area contributed by atoms with Gasteiger partial charge in [-0.05, 0) is 90.9 Å². The number of rotatable bonds is 34. The number of ether oxygens (including phenoxy) is 4. The molecule has 0 radical (unpaired) electrons. The molecule has 0 N–H and O–H groups in total. The van der Waals surface area contributed by atoms with Gasteiger partial charge < -0.3 is 18.9 Å². The lowest BCUT2D eigenvalue weighted by molar-refractivity contribution is -0.197. The zero-order valence-corrected chi connectivity index (χ0v) is 33.5. The average molecular weight is 715 g/mol. The fourth-order valence-electron chi connectivity index (χ4n) is 6.53. The lowest BCUT2D eigenvalue weighted by Crippen LogP contribution is -2.39. The van der Waals surface area contributed by atoms with Crippen LogP contribution in [0.5, 0.6) is 0 Å². The molecule has 51 heavy (non-hydrogen) atoms. The normalized spacial score (nSPS) is 19.4. The minimum absolute atomic E-state index is 0.221. The topological polar surface area (TPSA) is 71.1 Å². The van der Waals surface area contributed by atoms with E-state index in [0.29, 0.717) is 12.8 Å². The van der Waals surface area contributed by atoms with Crippen molar-refractivity contribution in [1.29, 1.82) is 0 Å². The van der Waals surface area contributed by atoms with Crippen LogP contribution in [0.2, 0.25) is 0 Å². The molecule has 0 aliphatic carbocycles. The Hall–Kier alpha value is -2.18. The predicted molar refractivity (Wildman–Crippen MR) is 214 cm³/mol. The maximum absolute atomic E-state index is 12.8. The molecule has 0 spiro atoms. The van der Waals surface area contributed by atoms with E-state index in [0.717, 1.165) is 64.2 Å². The minimum atomic E-state index is -1.08. The highest BCUT2D eigenvalue weighted by molar-refractivity contribution is 5.86. The van der Waals surface area contributed by atoms with E-state index in [9.17, 15) is 9.59 Å². The van der Waals surface area contributed by atoms with Crippen molar-refractivity contribution in [2.45, 2.75) is 213 Å². The van der Waals surface area contributed by atoms with E-state index in [4.69, 9.17) is 18.9 Å². The van der Waals surface area contributed by atoms with Gasteiger partial charge in [-0.2, -0.15) is 0 Å². The van der Waals surface area contributed by atoms with Crippen LogP contribution in [-0.4, -0.2) is 43.1 Å². The van der Waals surface area contributed by atoms with Gasteiger partial charge in [0.2, 0.25) is 0 Å². The van der Waals surface area contributed by atoms with E-state index in [1.807, 2.05) is 0 Å². The zero-order chi connectivity index (χ0) is 37.1. The van der Waals surface area contributed by atoms with Crippen LogP contribution in [0.4, 0.5) is 0 Å². The zero-order valence-electron chi connectivity index (χ0n) is 33.5. The van der Waals surface area contributed by atoms with Crippen molar-refractivity contribution in [2.75, 3.05) is 13.2 Å². The van der Waals surface area contributed by atoms with Crippen LogP contribution >= 0.6 is 0 Å². The first kappa shape index (κ1) is 46.8. The van der Waals surface area contributed by atoms with Gasteiger partial charge in [-0.25, -0.2) is 9.59 Å². The van der Waals surface area contributed by atoms with Crippen LogP contribution in [0.25, 0.3) is 0 Å².